The predicted octanol–water partition coefficient (Wildman–Crippen LogP) is 1.21. The van der Waals surface area contributed by atoms with E-state index in [1.807, 2.05) is 6.07 Å². The van der Waals surface area contributed by atoms with Gasteiger partial charge in [0.15, 0.2) is 0 Å². The van der Waals surface area contributed by atoms with Gasteiger partial charge in [0.1, 0.15) is 5.54 Å². The number of nitrogens with one attached hydrogen (secondary N) is 3. The van der Waals surface area contributed by atoms with Crippen LogP contribution in [0.1, 0.15) is 43.7 Å². The maximum absolute atomic E-state index is 12.8. The Kier molecular flexibility index (Phi) is 6.57. The Morgan fingerprint density at radius 2 is 1.71 bits per heavy atom. The van der Waals surface area contributed by atoms with Crippen LogP contribution in [-0.2, 0) is 22.7 Å². The normalized spacial score (nSPS) is 27.2. The van der Waals surface area contributed by atoms with Crippen LogP contribution in [0.2, 0.25) is 0 Å². The summed E-state index contributed by atoms with van der Waals surface area (Å²) >= 11 is 0. The van der Waals surface area contributed by atoms with Crippen molar-refractivity contribution in [3.8, 4) is 0 Å². The lowest BCUT2D eigenvalue weighted by Crippen LogP contribution is -2.50. The fourth-order valence-corrected chi connectivity index (χ4v) is 4.97. The average Bonchev–Trinajstić information content (AvgIpc) is 3.06. The molecule has 0 radical (unpaired) electrons. The van der Waals surface area contributed by atoms with Crippen LogP contribution in [0.5, 0.6) is 0 Å². The third-order valence-electron chi connectivity index (χ3n) is 7.10. The molecule has 8 heteroatoms. The van der Waals surface area contributed by atoms with Gasteiger partial charge in [-0.15, -0.1) is 0 Å². The fraction of sp³-hybridized carbons (Fsp3) is 0.609. The summed E-state index contributed by atoms with van der Waals surface area (Å²) in [6.45, 7) is 9.10. The molecule has 0 bridgehead atoms. The first kappa shape index (κ1) is 21.8. The molecule has 1 aliphatic carbocycles. The highest BCUT2D eigenvalue weighted by atomic mass is 16.2. The van der Waals surface area contributed by atoms with E-state index in [1.165, 1.54) is 5.56 Å². The highest BCUT2D eigenvalue weighted by Crippen LogP contribution is 2.34. The summed E-state index contributed by atoms with van der Waals surface area (Å²) in [7, 11) is 0. The van der Waals surface area contributed by atoms with E-state index in [0.717, 1.165) is 44.8 Å². The monoisotopic (exact) mass is 427 g/mol. The quantitative estimate of drug-likeness (QED) is 0.594. The van der Waals surface area contributed by atoms with Crippen molar-refractivity contribution >= 4 is 17.8 Å². The number of likely N-dealkylation sites (N-methyl/N-ethyl adjacent to an activating group) is 1. The van der Waals surface area contributed by atoms with Crippen LogP contribution in [0.3, 0.4) is 0 Å². The molecule has 3 aliphatic rings. The minimum Gasteiger partial charge on any atom is -0.352 e. The van der Waals surface area contributed by atoms with E-state index in [9.17, 15) is 14.4 Å². The summed E-state index contributed by atoms with van der Waals surface area (Å²) < 4.78 is 0. The number of carbonyl (C=O) groups is 3. The Hall–Kier alpha value is -2.45. The second-order valence-electron chi connectivity index (χ2n) is 8.96. The first-order chi connectivity index (χ1) is 15.0. The molecule has 1 aromatic carbocycles. The molecule has 0 unspecified atom stereocenters. The van der Waals surface area contributed by atoms with Gasteiger partial charge in [0.25, 0.3) is 5.91 Å². The molecular formula is C23H33N5O3. The molecule has 31 heavy (non-hydrogen) atoms. The second kappa shape index (κ2) is 9.36. The first-order valence-electron chi connectivity index (χ1n) is 11.4. The summed E-state index contributed by atoms with van der Waals surface area (Å²) in [5.74, 6) is -0.346. The fourth-order valence-electron chi connectivity index (χ4n) is 4.97. The van der Waals surface area contributed by atoms with Crippen molar-refractivity contribution in [3.05, 3.63) is 35.4 Å². The Morgan fingerprint density at radius 3 is 2.32 bits per heavy atom. The van der Waals surface area contributed by atoms with Gasteiger partial charge in [-0.25, -0.2) is 4.79 Å². The number of piperazine rings is 1. The number of hydrogen-bond acceptors (Lipinski definition) is 5. The van der Waals surface area contributed by atoms with Gasteiger partial charge in [-0.2, -0.15) is 0 Å². The van der Waals surface area contributed by atoms with Crippen LogP contribution < -0.4 is 16.0 Å². The zero-order chi connectivity index (χ0) is 21.8. The zero-order valence-electron chi connectivity index (χ0n) is 18.3. The maximum atomic E-state index is 12.8. The predicted molar refractivity (Wildman–Crippen MR) is 117 cm³/mol. The summed E-state index contributed by atoms with van der Waals surface area (Å²) in [4.78, 5) is 41.3. The molecule has 168 valence electrons. The van der Waals surface area contributed by atoms with Crippen LogP contribution in [0.15, 0.2) is 24.3 Å². The van der Waals surface area contributed by atoms with Crippen molar-refractivity contribution in [3.63, 3.8) is 0 Å². The average molecular weight is 428 g/mol. The van der Waals surface area contributed by atoms with Gasteiger partial charge in [-0.3, -0.25) is 19.8 Å². The van der Waals surface area contributed by atoms with Gasteiger partial charge in [0.2, 0.25) is 5.91 Å². The number of carbonyl (C=O) groups excluding carboxylic acids is 3. The summed E-state index contributed by atoms with van der Waals surface area (Å²) in [5, 5.41) is 8.18. The smallest absolute Gasteiger partial charge is 0.322 e. The van der Waals surface area contributed by atoms with E-state index < -0.39 is 11.6 Å². The van der Waals surface area contributed by atoms with Gasteiger partial charge < -0.3 is 15.5 Å². The molecule has 1 saturated carbocycles. The van der Waals surface area contributed by atoms with E-state index in [0.29, 0.717) is 32.2 Å². The molecule has 1 aromatic rings. The first-order valence-corrected chi connectivity index (χ1v) is 11.4. The van der Waals surface area contributed by atoms with E-state index in [2.05, 4.69) is 50.9 Å². The van der Waals surface area contributed by atoms with Gasteiger partial charge in [0, 0.05) is 45.2 Å². The summed E-state index contributed by atoms with van der Waals surface area (Å²) in [5.41, 5.74) is 1.60. The number of amides is 4. The van der Waals surface area contributed by atoms with Gasteiger partial charge in [0.05, 0.1) is 0 Å². The van der Waals surface area contributed by atoms with E-state index in [4.69, 9.17) is 0 Å². The van der Waals surface area contributed by atoms with Crippen molar-refractivity contribution in [2.75, 3.05) is 32.7 Å². The van der Waals surface area contributed by atoms with Gasteiger partial charge in [-0.05, 0) is 43.4 Å². The Morgan fingerprint density at radius 1 is 1.06 bits per heavy atom. The van der Waals surface area contributed by atoms with Crippen molar-refractivity contribution < 1.29 is 14.4 Å². The van der Waals surface area contributed by atoms with Crippen LogP contribution in [0, 0.1) is 5.92 Å². The Balaban J connectivity index is 1.28. The van der Waals surface area contributed by atoms with Gasteiger partial charge >= 0.3 is 6.03 Å². The molecular weight excluding hydrogens is 394 g/mol. The van der Waals surface area contributed by atoms with Crippen molar-refractivity contribution in [1.82, 2.24) is 25.8 Å². The molecule has 8 nitrogen and oxygen atoms in total. The Labute approximate surface area is 183 Å². The van der Waals surface area contributed by atoms with E-state index >= 15 is 0 Å². The number of imide groups is 1. The molecule has 4 rings (SSSR count). The molecule has 3 fully saturated rings. The second-order valence-corrected chi connectivity index (χ2v) is 8.96. The number of urea groups is 1. The lowest BCUT2D eigenvalue weighted by molar-refractivity contribution is -0.130. The zero-order valence-corrected chi connectivity index (χ0v) is 18.3. The molecule has 2 aliphatic heterocycles. The van der Waals surface area contributed by atoms with Crippen molar-refractivity contribution in [2.45, 2.75) is 51.2 Å². The topological polar surface area (TPSA) is 93.8 Å². The van der Waals surface area contributed by atoms with Crippen LogP contribution in [-0.4, -0.2) is 65.9 Å². The molecule has 4 amide bonds. The van der Waals surface area contributed by atoms with Crippen LogP contribution >= 0.6 is 0 Å². The van der Waals surface area contributed by atoms with Gasteiger partial charge in [-0.1, -0.05) is 31.2 Å². The third-order valence-corrected chi connectivity index (χ3v) is 7.10. The molecule has 0 aromatic heterocycles. The summed E-state index contributed by atoms with van der Waals surface area (Å²) in [6, 6.07) is 7.89. The minimum atomic E-state index is -0.817. The van der Waals surface area contributed by atoms with Crippen molar-refractivity contribution in [1.29, 1.82) is 0 Å². The highest BCUT2D eigenvalue weighted by molar-refractivity contribution is 6.07. The molecule has 0 atom stereocenters. The van der Waals surface area contributed by atoms with E-state index in [-0.39, 0.29) is 17.7 Å². The summed E-state index contributed by atoms with van der Waals surface area (Å²) in [6.07, 6.45) is 2.21. The third kappa shape index (κ3) is 4.91. The minimum absolute atomic E-state index is 0.0333. The lowest BCUT2D eigenvalue weighted by atomic mass is 9.76. The van der Waals surface area contributed by atoms with Crippen molar-refractivity contribution in [2.24, 2.45) is 5.92 Å². The number of hydrogen-bond donors (Lipinski definition) is 3. The molecule has 2 heterocycles. The number of rotatable bonds is 6. The largest absolute Gasteiger partial charge is 0.352 e. The maximum Gasteiger partial charge on any atom is 0.322 e. The lowest BCUT2D eigenvalue weighted by Gasteiger charge is -2.34. The Bertz CT molecular complexity index is 826. The highest BCUT2D eigenvalue weighted by Gasteiger charge is 2.48. The van der Waals surface area contributed by atoms with Crippen LogP contribution in [0.25, 0.3) is 0 Å². The standard InChI is InChI=1S/C23H33N5O3/c1-2-27-11-13-28(14-12-27)16-19-6-4-3-5-18(19)15-24-20(29)17-7-9-23(10-8-17)21(30)25-22(31)26-23/h3-6,17H,2,7-16H2,1H3,(H,24,29)(H2,25,26,30,31). The molecule has 1 spiro atoms. The molecule has 2 saturated heterocycles. The van der Waals surface area contributed by atoms with Crippen LogP contribution in [0.4, 0.5) is 4.79 Å². The number of benzene rings is 1. The number of nitrogens with zero attached hydrogens (tertiary/aromatic N) is 2. The van der Waals surface area contributed by atoms with E-state index in [1.54, 1.807) is 0 Å². The SMILES string of the molecule is CCN1CCN(Cc2ccccc2CNC(=O)C2CCC3(CC2)NC(=O)NC3=O)CC1. The molecule has 3 N–H and O–H groups in total.